The Morgan fingerprint density at radius 1 is 1.28 bits per heavy atom. The Morgan fingerprint density at radius 2 is 1.83 bits per heavy atom. The molecular weight excluding hydrogens is 264 g/mol. The van der Waals surface area contributed by atoms with Crippen molar-refractivity contribution in [2.45, 2.75) is 45.8 Å². The molecule has 0 fully saturated rings. The number of aldehydes is 1. The van der Waals surface area contributed by atoms with Gasteiger partial charge >= 0.3 is 0 Å². The Kier molecular flexibility index (Phi) is 4.29. The van der Waals surface area contributed by atoms with E-state index in [1.165, 1.54) is 0 Å². The van der Waals surface area contributed by atoms with Crippen LogP contribution in [0.3, 0.4) is 0 Å². The highest BCUT2D eigenvalue weighted by atomic mass is 35.5. The molecule has 0 radical (unpaired) electrons. The predicted octanol–water partition coefficient (Wildman–Crippen LogP) is 4.84. The van der Waals surface area contributed by atoms with Gasteiger partial charge in [0.05, 0.1) is 5.56 Å². The monoisotopic (exact) mass is 284 g/mol. The predicted molar refractivity (Wildman–Crippen MR) is 79.4 cm³/mol. The van der Waals surface area contributed by atoms with Crippen molar-refractivity contribution < 1.29 is 9.22 Å². The largest absolute Gasteiger partial charge is 0.543 e. The van der Waals surface area contributed by atoms with Crippen molar-refractivity contribution in [1.82, 2.24) is 0 Å². The van der Waals surface area contributed by atoms with Crippen LogP contribution >= 0.6 is 11.6 Å². The molecule has 0 saturated heterocycles. The van der Waals surface area contributed by atoms with E-state index < -0.39 is 8.32 Å². The van der Waals surface area contributed by atoms with E-state index in [0.29, 0.717) is 16.3 Å². The van der Waals surface area contributed by atoms with Crippen LogP contribution in [0.1, 0.15) is 36.7 Å². The molecule has 0 aliphatic heterocycles. The average Bonchev–Trinajstić information content (AvgIpc) is 2.21. The van der Waals surface area contributed by atoms with Gasteiger partial charge in [0.1, 0.15) is 5.75 Å². The van der Waals surface area contributed by atoms with Crippen molar-refractivity contribution in [1.29, 1.82) is 0 Å². The lowest BCUT2D eigenvalue weighted by molar-refractivity contribution is 0.112. The summed E-state index contributed by atoms with van der Waals surface area (Å²) < 4.78 is 6.17. The molecule has 100 valence electrons. The molecule has 4 heteroatoms. The fourth-order valence-electron chi connectivity index (χ4n) is 1.28. The van der Waals surface area contributed by atoms with Gasteiger partial charge in [-0.1, -0.05) is 32.4 Å². The first-order valence-corrected chi connectivity index (χ1v) is 9.31. The number of aryl methyl sites for hydroxylation is 1. The maximum Gasteiger partial charge on any atom is 0.250 e. The summed E-state index contributed by atoms with van der Waals surface area (Å²) in [6.45, 7) is 12.7. The zero-order valence-electron chi connectivity index (χ0n) is 11.9. The number of carbonyl (C=O) groups is 1. The van der Waals surface area contributed by atoms with Crippen LogP contribution in [0.5, 0.6) is 5.75 Å². The van der Waals surface area contributed by atoms with Gasteiger partial charge in [-0.15, -0.1) is 0 Å². The van der Waals surface area contributed by atoms with Crippen LogP contribution in [0.4, 0.5) is 0 Å². The first-order chi connectivity index (χ1) is 8.08. The highest BCUT2D eigenvalue weighted by Crippen LogP contribution is 2.38. The Morgan fingerprint density at radius 3 is 2.28 bits per heavy atom. The molecule has 0 N–H and O–H groups in total. The summed E-state index contributed by atoms with van der Waals surface area (Å²) in [6, 6.07) is 3.53. The highest BCUT2D eigenvalue weighted by molar-refractivity contribution is 6.74. The number of rotatable bonds is 3. The van der Waals surface area contributed by atoms with Gasteiger partial charge in [0.2, 0.25) is 0 Å². The van der Waals surface area contributed by atoms with Crippen LogP contribution in [0.2, 0.25) is 23.2 Å². The molecule has 0 amide bonds. The zero-order valence-corrected chi connectivity index (χ0v) is 13.7. The standard InChI is InChI=1S/C14H21ClO2Si/c1-10-7-13(11(9-16)8-12(10)15)17-18(5,6)14(2,3)4/h7-9H,1-6H3. The van der Waals surface area contributed by atoms with Gasteiger partial charge in [-0.3, -0.25) is 4.79 Å². The minimum atomic E-state index is -1.94. The summed E-state index contributed by atoms with van der Waals surface area (Å²) in [7, 11) is -1.94. The van der Waals surface area contributed by atoms with Gasteiger partial charge in [-0.2, -0.15) is 0 Å². The van der Waals surface area contributed by atoms with Gasteiger partial charge < -0.3 is 4.43 Å². The minimum Gasteiger partial charge on any atom is -0.543 e. The van der Waals surface area contributed by atoms with Crippen LogP contribution in [-0.4, -0.2) is 14.6 Å². The number of benzene rings is 1. The fraction of sp³-hybridized carbons (Fsp3) is 0.500. The molecule has 0 saturated carbocycles. The van der Waals surface area contributed by atoms with E-state index in [0.717, 1.165) is 11.8 Å². The van der Waals surface area contributed by atoms with Crippen molar-refractivity contribution in [3.8, 4) is 5.75 Å². The third-order valence-electron chi connectivity index (χ3n) is 3.59. The van der Waals surface area contributed by atoms with Gasteiger partial charge in [-0.25, -0.2) is 0 Å². The summed E-state index contributed by atoms with van der Waals surface area (Å²) in [4.78, 5) is 11.1. The molecular formula is C14H21ClO2Si. The number of carbonyl (C=O) groups excluding carboxylic acids is 1. The van der Waals surface area contributed by atoms with Gasteiger partial charge in [-0.05, 0) is 42.8 Å². The van der Waals surface area contributed by atoms with Crippen molar-refractivity contribution in [3.05, 3.63) is 28.3 Å². The van der Waals surface area contributed by atoms with E-state index in [4.69, 9.17) is 16.0 Å². The second kappa shape index (κ2) is 5.06. The van der Waals surface area contributed by atoms with Crippen LogP contribution in [-0.2, 0) is 0 Å². The van der Waals surface area contributed by atoms with E-state index in [2.05, 4.69) is 33.9 Å². The summed E-state index contributed by atoms with van der Waals surface area (Å²) >= 11 is 6.02. The summed E-state index contributed by atoms with van der Waals surface area (Å²) in [5, 5.41) is 0.695. The second-order valence-electron chi connectivity index (χ2n) is 6.12. The second-order valence-corrected chi connectivity index (χ2v) is 11.3. The Labute approximate surface area is 115 Å². The van der Waals surface area contributed by atoms with Crippen molar-refractivity contribution in [3.63, 3.8) is 0 Å². The minimum absolute atomic E-state index is 0.0979. The molecule has 0 heterocycles. The summed E-state index contributed by atoms with van der Waals surface area (Å²) in [5.41, 5.74) is 1.45. The van der Waals surface area contributed by atoms with E-state index in [1.807, 2.05) is 13.0 Å². The summed E-state index contributed by atoms with van der Waals surface area (Å²) in [5.74, 6) is 0.651. The molecule has 1 aromatic rings. The van der Waals surface area contributed by atoms with Crippen molar-refractivity contribution >= 4 is 26.2 Å². The van der Waals surface area contributed by atoms with E-state index in [1.54, 1.807) is 6.07 Å². The van der Waals surface area contributed by atoms with Crippen molar-refractivity contribution in [2.75, 3.05) is 0 Å². The Hall–Kier alpha value is -0.803. The first kappa shape index (κ1) is 15.3. The van der Waals surface area contributed by atoms with Crippen LogP contribution in [0.15, 0.2) is 12.1 Å². The van der Waals surface area contributed by atoms with Crippen LogP contribution in [0, 0.1) is 6.92 Å². The molecule has 0 bridgehead atoms. The third-order valence-corrected chi connectivity index (χ3v) is 8.34. The number of halogens is 1. The normalized spacial score (nSPS) is 12.4. The molecule has 1 rings (SSSR count). The maximum atomic E-state index is 11.1. The van der Waals surface area contributed by atoms with Gasteiger partial charge in [0, 0.05) is 5.02 Å². The molecule has 0 aromatic heterocycles. The average molecular weight is 285 g/mol. The molecule has 1 aromatic carbocycles. The molecule has 2 nitrogen and oxygen atoms in total. The number of hydrogen-bond donors (Lipinski definition) is 0. The Bertz CT molecular complexity index is 462. The lowest BCUT2D eigenvalue weighted by Crippen LogP contribution is -2.44. The molecule has 0 aliphatic rings. The Balaban J connectivity index is 3.19. The molecule has 0 unspecified atom stereocenters. The van der Waals surface area contributed by atoms with Crippen molar-refractivity contribution in [2.24, 2.45) is 0 Å². The molecule has 0 spiro atoms. The lowest BCUT2D eigenvalue weighted by Gasteiger charge is -2.36. The lowest BCUT2D eigenvalue weighted by atomic mass is 10.1. The topological polar surface area (TPSA) is 26.3 Å². The van der Waals surface area contributed by atoms with Crippen LogP contribution < -0.4 is 4.43 Å². The quantitative estimate of drug-likeness (QED) is 0.586. The first-order valence-electron chi connectivity index (χ1n) is 6.03. The van der Waals surface area contributed by atoms with E-state index >= 15 is 0 Å². The van der Waals surface area contributed by atoms with E-state index in [-0.39, 0.29) is 5.04 Å². The van der Waals surface area contributed by atoms with E-state index in [9.17, 15) is 4.79 Å². The van der Waals surface area contributed by atoms with Crippen LogP contribution in [0.25, 0.3) is 0 Å². The molecule has 0 atom stereocenters. The highest BCUT2D eigenvalue weighted by Gasteiger charge is 2.39. The maximum absolute atomic E-state index is 11.1. The summed E-state index contributed by atoms with van der Waals surface area (Å²) in [6.07, 6.45) is 0.799. The molecule has 18 heavy (non-hydrogen) atoms. The smallest absolute Gasteiger partial charge is 0.250 e. The SMILES string of the molecule is Cc1cc(O[Si](C)(C)C(C)(C)C)c(C=O)cc1Cl. The fourth-order valence-corrected chi connectivity index (χ4v) is 2.48. The van der Waals surface area contributed by atoms with Gasteiger partial charge in [0.15, 0.2) is 6.29 Å². The third kappa shape index (κ3) is 3.15. The number of hydrogen-bond acceptors (Lipinski definition) is 2. The molecule has 0 aliphatic carbocycles. The van der Waals surface area contributed by atoms with Gasteiger partial charge in [0.25, 0.3) is 8.32 Å². The zero-order chi connectivity index (χ0) is 14.1.